The topological polar surface area (TPSA) is 54.4 Å². The normalized spacial score (nSPS) is 15.1. The highest BCUT2D eigenvalue weighted by molar-refractivity contribution is 7.86. The van der Waals surface area contributed by atoms with E-state index in [1.165, 1.54) is 0 Å². The maximum Gasteiger partial charge on any atom is 0.307 e. The van der Waals surface area contributed by atoms with E-state index in [0.29, 0.717) is 6.42 Å². The minimum absolute atomic E-state index is 0.202. The Bertz CT molecular complexity index is 420. The maximum atomic E-state index is 12.0. The first-order valence-electron chi connectivity index (χ1n) is 5.96. The molecule has 0 amide bonds. The van der Waals surface area contributed by atoms with E-state index < -0.39 is 22.7 Å². The van der Waals surface area contributed by atoms with Crippen molar-refractivity contribution in [3.63, 3.8) is 0 Å². The second kappa shape index (κ2) is 6.14. The highest BCUT2D eigenvalue weighted by atomic mass is 32.2. The van der Waals surface area contributed by atoms with E-state index in [0.717, 1.165) is 5.56 Å². The van der Waals surface area contributed by atoms with Crippen molar-refractivity contribution in [1.82, 2.24) is 0 Å². The largest absolute Gasteiger partial charge is 0.481 e. The molecular formula is C14H20O3S. The Kier molecular flexibility index (Phi) is 5.08. The van der Waals surface area contributed by atoms with Gasteiger partial charge < -0.3 is 5.11 Å². The van der Waals surface area contributed by atoms with Crippen LogP contribution in [0.25, 0.3) is 0 Å². The van der Waals surface area contributed by atoms with Crippen LogP contribution in [0.1, 0.15) is 26.3 Å². The number of carboxylic acid groups (broad SMARTS) is 1. The van der Waals surface area contributed by atoms with Crippen LogP contribution in [0.3, 0.4) is 0 Å². The minimum Gasteiger partial charge on any atom is -0.481 e. The molecule has 1 aromatic rings. The summed E-state index contributed by atoms with van der Waals surface area (Å²) in [6.45, 7) is 5.60. The van der Waals surface area contributed by atoms with Crippen molar-refractivity contribution >= 4 is 16.8 Å². The molecule has 0 aliphatic carbocycles. The van der Waals surface area contributed by atoms with Crippen LogP contribution in [0.5, 0.6) is 0 Å². The molecule has 0 radical (unpaired) electrons. The second-order valence-corrected chi connectivity index (χ2v) is 7.60. The van der Waals surface area contributed by atoms with Crippen molar-refractivity contribution in [1.29, 1.82) is 0 Å². The van der Waals surface area contributed by atoms with Gasteiger partial charge in [0.15, 0.2) is 0 Å². The Morgan fingerprint density at radius 3 is 2.28 bits per heavy atom. The van der Waals surface area contributed by atoms with Crippen molar-refractivity contribution in [3.05, 3.63) is 35.9 Å². The molecule has 100 valence electrons. The molecule has 1 rings (SSSR count). The fourth-order valence-corrected chi connectivity index (χ4v) is 2.67. The summed E-state index contributed by atoms with van der Waals surface area (Å²) in [5.74, 6) is -1.27. The lowest BCUT2D eigenvalue weighted by molar-refractivity contribution is -0.140. The van der Waals surface area contributed by atoms with E-state index in [2.05, 4.69) is 0 Å². The molecule has 3 nitrogen and oxygen atoms in total. The van der Waals surface area contributed by atoms with E-state index in [-0.39, 0.29) is 10.5 Å². The molecule has 0 spiro atoms. The molecule has 4 heteroatoms. The van der Waals surface area contributed by atoms with E-state index >= 15 is 0 Å². The Labute approximate surface area is 111 Å². The molecule has 1 N–H and O–H groups in total. The third kappa shape index (κ3) is 4.61. The van der Waals surface area contributed by atoms with E-state index in [4.69, 9.17) is 0 Å². The molecule has 0 aromatic heterocycles. The smallest absolute Gasteiger partial charge is 0.307 e. The number of hydrogen-bond acceptors (Lipinski definition) is 2. The van der Waals surface area contributed by atoms with Gasteiger partial charge in [-0.3, -0.25) is 9.00 Å². The van der Waals surface area contributed by atoms with Crippen molar-refractivity contribution < 1.29 is 14.1 Å². The highest BCUT2D eigenvalue weighted by Gasteiger charge is 2.27. The lowest BCUT2D eigenvalue weighted by atomic mass is 10.0. The summed E-state index contributed by atoms with van der Waals surface area (Å²) in [5.41, 5.74) is 0.968. The summed E-state index contributed by atoms with van der Waals surface area (Å²) in [7, 11) is -1.14. The Morgan fingerprint density at radius 2 is 1.83 bits per heavy atom. The zero-order valence-electron chi connectivity index (χ0n) is 11.1. The van der Waals surface area contributed by atoms with Crippen molar-refractivity contribution in [2.45, 2.75) is 31.9 Å². The fourth-order valence-electron chi connectivity index (χ4n) is 1.55. The van der Waals surface area contributed by atoms with Gasteiger partial charge in [0.05, 0.1) is 5.92 Å². The summed E-state index contributed by atoms with van der Waals surface area (Å²) in [5, 5.41) is 9.21. The Morgan fingerprint density at radius 1 is 1.28 bits per heavy atom. The van der Waals surface area contributed by atoms with Crippen LogP contribution < -0.4 is 0 Å². The zero-order valence-corrected chi connectivity index (χ0v) is 11.9. The number of hydrogen-bond donors (Lipinski definition) is 1. The summed E-state index contributed by atoms with van der Waals surface area (Å²) >= 11 is 0. The molecule has 0 bridgehead atoms. The quantitative estimate of drug-likeness (QED) is 0.892. The number of carbonyl (C=O) groups is 1. The van der Waals surface area contributed by atoms with E-state index in [1.807, 2.05) is 51.1 Å². The van der Waals surface area contributed by atoms with Gasteiger partial charge in [-0.05, 0) is 32.8 Å². The van der Waals surface area contributed by atoms with Gasteiger partial charge in [0.2, 0.25) is 0 Å². The molecule has 0 fully saturated rings. The molecule has 0 aliphatic heterocycles. The van der Waals surface area contributed by atoms with Gasteiger partial charge >= 0.3 is 5.97 Å². The number of aliphatic carboxylic acids is 1. The first kappa shape index (κ1) is 14.9. The number of benzene rings is 1. The molecule has 18 heavy (non-hydrogen) atoms. The van der Waals surface area contributed by atoms with Gasteiger partial charge in [0, 0.05) is 21.3 Å². The van der Waals surface area contributed by atoms with Gasteiger partial charge in [-0.25, -0.2) is 0 Å². The lowest BCUT2D eigenvalue weighted by Gasteiger charge is -2.20. The van der Waals surface area contributed by atoms with Gasteiger partial charge in [-0.1, -0.05) is 30.3 Å². The fraction of sp³-hybridized carbons (Fsp3) is 0.500. The highest BCUT2D eigenvalue weighted by Crippen LogP contribution is 2.17. The van der Waals surface area contributed by atoms with E-state index in [9.17, 15) is 14.1 Å². The van der Waals surface area contributed by atoms with Crippen LogP contribution in [0.15, 0.2) is 30.3 Å². The molecule has 0 aliphatic rings. The molecular weight excluding hydrogens is 248 g/mol. The zero-order chi connectivity index (χ0) is 13.8. The van der Waals surface area contributed by atoms with Gasteiger partial charge in [-0.15, -0.1) is 0 Å². The molecule has 0 heterocycles. The predicted octanol–water partition coefficient (Wildman–Crippen LogP) is 2.48. The summed E-state index contributed by atoms with van der Waals surface area (Å²) in [6, 6.07) is 9.46. The first-order chi connectivity index (χ1) is 8.30. The van der Waals surface area contributed by atoms with Gasteiger partial charge in [0.25, 0.3) is 0 Å². The van der Waals surface area contributed by atoms with Crippen molar-refractivity contribution in [3.8, 4) is 0 Å². The summed E-state index contributed by atoms with van der Waals surface area (Å²) < 4.78 is 11.6. The molecule has 2 atom stereocenters. The molecule has 0 saturated carbocycles. The van der Waals surface area contributed by atoms with Crippen LogP contribution in [-0.4, -0.2) is 25.8 Å². The number of carboxylic acids is 1. The van der Waals surface area contributed by atoms with Crippen molar-refractivity contribution in [2.24, 2.45) is 5.92 Å². The number of rotatable bonds is 5. The average Bonchev–Trinajstić information content (AvgIpc) is 2.28. The molecule has 0 unspecified atom stereocenters. The second-order valence-electron chi connectivity index (χ2n) is 5.35. The third-order valence-electron chi connectivity index (χ3n) is 2.71. The van der Waals surface area contributed by atoms with Gasteiger partial charge in [-0.2, -0.15) is 0 Å². The van der Waals surface area contributed by atoms with Crippen molar-refractivity contribution in [2.75, 3.05) is 5.75 Å². The average molecular weight is 268 g/mol. The van der Waals surface area contributed by atoms with Crippen LogP contribution in [0.4, 0.5) is 0 Å². The molecule has 1 aromatic carbocycles. The Hall–Kier alpha value is -1.16. The summed E-state index contributed by atoms with van der Waals surface area (Å²) in [6.07, 6.45) is 0.429. The standard InChI is InChI=1S/C14H20O3S/c1-14(2,3)18(17)10-12(13(15)16)9-11-7-5-4-6-8-11/h4-8,12H,9-10H2,1-3H3,(H,15,16)/t12-,18-/m0/s1. The van der Waals surface area contributed by atoms with Crippen LogP contribution in [0.2, 0.25) is 0 Å². The maximum absolute atomic E-state index is 12.0. The van der Waals surface area contributed by atoms with Gasteiger partial charge in [0.1, 0.15) is 0 Å². The third-order valence-corrected chi connectivity index (χ3v) is 4.78. The lowest BCUT2D eigenvalue weighted by Crippen LogP contribution is -2.31. The minimum atomic E-state index is -1.14. The van der Waals surface area contributed by atoms with E-state index in [1.54, 1.807) is 0 Å². The SMILES string of the molecule is CC(C)(C)[S@@](=O)C[C@H](Cc1ccccc1)C(=O)O. The predicted molar refractivity (Wildman–Crippen MR) is 74.0 cm³/mol. The Balaban J connectivity index is 2.73. The monoisotopic (exact) mass is 268 g/mol. The van der Waals surface area contributed by atoms with Crippen LogP contribution >= 0.6 is 0 Å². The summed E-state index contributed by atoms with van der Waals surface area (Å²) in [4.78, 5) is 11.2. The van der Waals surface area contributed by atoms with Crippen LogP contribution in [-0.2, 0) is 22.0 Å². The van der Waals surface area contributed by atoms with Crippen LogP contribution in [0, 0.1) is 5.92 Å². The molecule has 0 saturated heterocycles. The first-order valence-corrected chi connectivity index (χ1v) is 7.28.